The minimum atomic E-state index is -0.0278. The van der Waals surface area contributed by atoms with Crippen LogP contribution in [0.3, 0.4) is 0 Å². The molecule has 2 N–H and O–H groups in total. The highest BCUT2D eigenvalue weighted by atomic mass is 35.5. The Morgan fingerprint density at radius 3 is 2.56 bits per heavy atom. The molecule has 1 aliphatic rings. The lowest BCUT2D eigenvalue weighted by atomic mass is 10.1. The Balaban J connectivity index is 1.38. The quantitative estimate of drug-likeness (QED) is 0.742. The summed E-state index contributed by atoms with van der Waals surface area (Å²) in [4.78, 5) is 14.4. The highest BCUT2D eigenvalue weighted by molar-refractivity contribution is 6.30. The predicted octanol–water partition coefficient (Wildman–Crippen LogP) is 3.71. The number of carbonyl (C=O) groups is 1. The van der Waals surface area contributed by atoms with Crippen LogP contribution in [-0.4, -0.2) is 32.1 Å². The van der Waals surface area contributed by atoms with Crippen molar-refractivity contribution in [2.45, 2.75) is 19.3 Å². The van der Waals surface area contributed by atoms with Crippen LogP contribution >= 0.6 is 11.6 Å². The van der Waals surface area contributed by atoms with Crippen molar-refractivity contribution in [3.05, 3.63) is 59.1 Å². The molecule has 1 fully saturated rings. The van der Waals surface area contributed by atoms with E-state index in [0.29, 0.717) is 6.54 Å². The van der Waals surface area contributed by atoms with Crippen molar-refractivity contribution in [1.82, 2.24) is 5.32 Å². The van der Waals surface area contributed by atoms with E-state index in [0.717, 1.165) is 42.3 Å². The molecule has 1 amide bonds. The summed E-state index contributed by atoms with van der Waals surface area (Å²) < 4.78 is 0. The Labute approximate surface area is 154 Å². The first-order valence-electron chi connectivity index (χ1n) is 8.81. The molecule has 5 heteroatoms. The van der Waals surface area contributed by atoms with Crippen molar-refractivity contribution in [1.29, 1.82) is 0 Å². The fourth-order valence-electron chi connectivity index (χ4n) is 3.06. The second-order valence-corrected chi connectivity index (χ2v) is 6.78. The van der Waals surface area contributed by atoms with Crippen LogP contribution in [-0.2, 0) is 11.2 Å². The first-order valence-corrected chi connectivity index (χ1v) is 9.18. The number of benzene rings is 2. The van der Waals surface area contributed by atoms with Gasteiger partial charge < -0.3 is 15.5 Å². The molecule has 132 valence electrons. The van der Waals surface area contributed by atoms with Gasteiger partial charge >= 0.3 is 0 Å². The summed E-state index contributed by atoms with van der Waals surface area (Å²) in [6, 6.07) is 15.9. The molecule has 1 aliphatic heterocycles. The van der Waals surface area contributed by atoms with E-state index < -0.39 is 0 Å². The number of carbonyl (C=O) groups excluding carboxylic acids is 1. The summed E-state index contributed by atoms with van der Waals surface area (Å²) in [6.45, 7) is 3.29. The molecular formula is C20H24ClN3O. The van der Waals surface area contributed by atoms with E-state index in [-0.39, 0.29) is 5.91 Å². The van der Waals surface area contributed by atoms with Crippen molar-refractivity contribution >= 4 is 28.9 Å². The van der Waals surface area contributed by atoms with E-state index >= 15 is 0 Å². The molecule has 0 aromatic heterocycles. The van der Waals surface area contributed by atoms with Gasteiger partial charge in [0.15, 0.2) is 0 Å². The van der Waals surface area contributed by atoms with Gasteiger partial charge in [0.1, 0.15) is 0 Å². The summed E-state index contributed by atoms with van der Waals surface area (Å²) in [7, 11) is 0. The Bertz CT molecular complexity index is 696. The van der Waals surface area contributed by atoms with E-state index in [2.05, 4.69) is 27.7 Å². The number of anilines is 2. The molecule has 0 saturated carbocycles. The van der Waals surface area contributed by atoms with Crippen molar-refractivity contribution < 1.29 is 4.79 Å². The van der Waals surface area contributed by atoms with E-state index in [4.69, 9.17) is 11.6 Å². The lowest BCUT2D eigenvalue weighted by molar-refractivity contribution is -0.115. The molecule has 1 saturated heterocycles. The largest absolute Gasteiger partial charge is 0.372 e. The van der Waals surface area contributed by atoms with Crippen LogP contribution in [0.1, 0.15) is 18.4 Å². The van der Waals surface area contributed by atoms with E-state index in [9.17, 15) is 4.79 Å². The third-order valence-electron chi connectivity index (χ3n) is 4.39. The molecule has 2 aromatic rings. The van der Waals surface area contributed by atoms with Crippen LogP contribution in [0.15, 0.2) is 48.5 Å². The average molecular weight is 358 g/mol. The van der Waals surface area contributed by atoms with Crippen LogP contribution in [0.2, 0.25) is 5.02 Å². The van der Waals surface area contributed by atoms with Crippen LogP contribution in [0, 0.1) is 0 Å². The van der Waals surface area contributed by atoms with Gasteiger partial charge in [0, 0.05) is 29.5 Å². The fourth-order valence-corrected chi connectivity index (χ4v) is 3.28. The third kappa shape index (κ3) is 5.48. The highest BCUT2D eigenvalue weighted by Gasteiger charge is 2.12. The van der Waals surface area contributed by atoms with Crippen molar-refractivity contribution in [3.8, 4) is 0 Å². The van der Waals surface area contributed by atoms with Gasteiger partial charge in [-0.15, -0.1) is 0 Å². The smallest absolute Gasteiger partial charge is 0.238 e. The Morgan fingerprint density at radius 1 is 1.08 bits per heavy atom. The standard InChI is InChI=1S/C20H24ClN3O/c21-17-5-3-4-16(14-17)10-11-22-15-20(25)23-18-6-8-19(9-7-18)24-12-1-2-13-24/h3-9,14,22H,1-2,10-13,15H2,(H,23,25). The number of nitrogens with one attached hydrogen (secondary N) is 2. The zero-order valence-electron chi connectivity index (χ0n) is 14.3. The van der Waals surface area contributed by atoms with Gasteiger partial charge in [0.25, 0.3) is 0 Å². The molecule has 0 bridgehead atoms. The molecule has 4 nitrogen and oxygen atoms in total. The van der Waals surface area contributed by atoms with Crippen molar-refractivity contribution in [2.24, 2.45) is 0 Å². The Hall–Kier alpha value is -2.04. The molecule has 0 unspecified atom stereocenters. The maximum atomic E-state index is 12.0. The van der Waals surface area contributed by atoms with Crippen molar-refractivity contribution in [2.75, 3.05) is 36.4 Å². The number of hydrogen-bond donors (Lipinski definition) is 2. The minimum absolute atomic E-state index is 0.0278. The minimum Gasteiger partial charge on any atom is -0.372 e. The number of amides is 1. The van der Waals surface area contributed by atoms with Crippen LogP contribution in [0.5, 0.6) is 0 Å². The van der Waals surface area contributed by atoms with Gasteiger partial charge in [-0.2, -0.15) is 0 Å². The monoisotopic (exact) mass is 357 g/mol. The molecule has 0 radical (unpaired) electrons. The van der Waals surface area contributed by atoms with E-state index in [1.165, 1.54) is 18.5 Å². The topological polar surface area (TPSA) is 44.4 Å². The molecular weight excluding hydrogens is 334 g/mol. The van der Waals surface area contributed by atoms with Crippen molar-refractivity contribution in [3.63, 3.8) is 0 Å². The van der Waals surface area contributed by atoms with E-state index in [1.54, 1.807) is 0 Å². The molecule has 1 heterocycles. The molecule has 0 spiro atoms. The summed E-state index contributed by atoms with van der Waals surface area (Å²) in [6.07, 6.45) is 3.37. The first-order chi connectivity index (χ1) is 12.2. The molecule has 0 atom stereocenters. The van der Waals surface area contributed by atoms with Gasteiger partial charge in [0.05, 0.1) is 6.54 Å². The Morgan fingerprint density at radius 2 is 1.84 bits per heavy atom. The van der Waals surface area contributed by atoms with Gasteiger partial charge in [-0.05, 0) is 67.8 Å². The predicted molar refractivity (Wildman–Crippen MR) is 105 cm³/mol. The summed E-state index contributed by atoms with van der Waals surface area (Å²) in [5, 5.41) is 6.84. The Kier molecular flexibility index (Phi) is 6.31. The number of nitrogens with zero attached hydrogens (tertiary/aromatic N) is 1. The number of rotatable bonds is 7. The third-order valence-corrected chi connectivity index (χ3v) is 4.62. The normalized spacial score (nSPS) is 13.9. The SMILES string of the molecule is O=C(CNCCc1cccc(Cl)c1)Nc1ccc(N2CCCC2)cc1. The second kappa shape index (κ2) is 8.88. The second-order valence-electron chi connectivity index (χ2n) is 6.35. The fraction of sp³-hybridized carbons (Fsp3) is 0.350. The number of halogens is 1. The van der Waals surface area contributed by atoms with Gasteiger partial charge in [-0.1, -0.05) is 23.7 Å². The number of hydrogen-bond acceptors (Lipinski definition) is 3. The maximum absolute atomic E-state index is 12.0. The van der Waals surface area contributed by atoms with Crippen LogP contribution in [0.25, 0.3) is 0 Å². The highest BCUT2D eigenvalue weighted by Crippen LogP contribution is 2.21. The maximum Gasteiger partial charge on any atom is 0.238 e. The van der Waals surface area contributed by atoms with Gasteiger partial charge in [-0.3, -0.25) is 4.79 Å². The molecule has 0 aliphatic carbocycles. The van der Waals surface area contributed by atoms with E-state index in [1.807, 2.05) is 36.4 Å². The van der Waals surface area contributed by atoms with Gasteiger partial charge in [-0.25, -0.2) is 0 Å². The summed E-state index contributed by atoms with van der Waals surface area (Å²) in [5.74, 6) is -0.0278. The first kappa shape index (κ1) is 17.8. The lowest BCUT2D eigenvalue weighted by Gasteiger charge is -2.17. The zero-order chi connectivity index (χ0) is 17.5. The molecule has 3 rings (SSSR count). The zero-order valence-corrected chi connectivity index (χ0v) is 15.1. The lowest BCUT2D eigenvalue weighted by Crippen LogP contribution is -2.29. The summed E-state index contributed by atoms with van der Waals surface area (Å²) in [5.41, 5.74) is 3.23. The summed E-state index contributed by atoms with van der Waals surface area (Å²) >= 11 is 5.96. The molecule has 25 heavy (non-hydrogen) atoms. The average Bonchev–Trinajstić information content (AvgIpc) is 3.14. The van der Waals surface area contributed by atoms with Crippen LogP contribution in [0.4, 0.5) is 11.4 Å². The van der Waals surface area contributed by atoms with Gasteiger partial charge in [0.2, 0.25) is 5.91 Å². The van der Waals surface area contributed by atoms with Crippen LogP contribution < -0.4 is 15.5 Å². The molecule has 2 aromatic carbocycles.